The molecule has 1 fully saturated rings. The van der Waals surface area contributed by atoms with Crippen LogP contribution in [0.3, 0.4) is 0 Å². The molecule has 2 heterocycles. The van der Waals surface area contributed by atoms with Crippen molar-refractivity contribution in [3.8, 4) is 0 Å². The molecule has 104 valence electrons. The number of aryl methyl sites for hydroxylation is 1. The molecule has 19 heavy (non-hydrogen) atoms. The normalized spacial score (nSPS) is 17.9. The third kappa shape index (κ3) is 3.30. The highest BCUT2D eigenvalue weighted by Crippen LogP contribution is 2.25. The Hall–Kier alpha value is -1.47. The molecule has 2 N–H and O–H groups in total. The largest absolute Gasteiger partial charge is 0.481 e. The Balaban J connectivity index is 2.14. The van der Waals surface area contributed by atoms with Gasteiger partial charge < -0.3 is 15.2 Å². The Kier molecular flexibility index (Phi) is 4.16. The van der Waals surface area contributed by atoms with Crippen molar-refractivity contribution in [2.75, 3.05) is 13.2 Å². The summed E-state index contributed by atoms with van der Waals surface area (Å²) >= 11 is 1.22. The van der Waals surface area contributed by atoms with Crippen LogP contribution in [0, 0.1) is 6.92 Å². The highest BCUT2D eigenvalue weighted by molar-refractivity contribution is 7.03. The lowest BCUT2D eigenvalue weighted by Gasteiger charge is -2.36. The maximum absolute atomic E-state index is 12.2. The first-order chi connectivity index (χ1) is 9.02. The molecule has 1 aliphatic rings. The average molecular weight is 284 g/mol. The zero-order valence-electron chi connectivity index (χ0n) is 10.6. The van der Waals surface area contributed by atoms with E-state index in [0.29, 0.717) is 37.3 Å². The number of hydrogen-bond donors (Lipinski definition) is 2. The number of aromatic nitrogens is 1. The number of carboxylic acids is 1. The summed E-state index contributed by atoms with van der Waals surface area (Å²) in [6, 6.07) is 0. The van der Waals surface area contributed by atoms with E-state index in [1.807, 2.05) is 0 Å². The first-order valence-corrected chi connectivity index (χ1v) is 6.89. The van der Waals surface area contributed by atoms with Crippen LogP contribution in [0.2, 0.25) is 0 Å². The van der Waals surface area contributed by atoms with Gasteiger partial charge in [-0.15, -0.1) is 0 Å². The van der Waals surface area contributed by atoms with E-state index in [4.69, 9.17) is 9.84 Å². The van der Waals surface area contributed by atoms with Gasteiger partial charge in [0.25, 0.3) is 5.91 Å². The minimum atomic E-state index is -0.914. The molecule has 2 rings (SSSR count). The molecule has 1 saturated heterocycles. The van der Waals surface area contributed by atoms with Crippen LogP contribution in [0.5, 0.6) is 0 Å². The topological polar surface area (TPSA) is 88.5 Å². The van der Waals surface area contributed by atoms with Gasteiger partial charge in [0, 0.05) is 18.6 Å². The fourth-order valence-electron chi connectivity index (χ4n) is 2.22. The van der Waals surface area contributed by atoms with Crippen LogP contribution in [0.4, 0.5) is 0 Å². The van der Waals surface area contributed by atoms with Crippen LogP contribution in [-0.2, 0) is 9.53 Å². The summed E-state index contributed by atoms with van der Waals surface area (Å²) < 4.78 is 9.30. The molecule has 0 bridgehead atoms. The molecule has 1 aliphatic heterocycles. The van der Waals surface area contributed by atoms with Crippen molar-refractivity contribution < 1.29 is 19.4 Å². The van der Waals surface area contributed by atoms with Crippen LogP contribution < -0.4 is 5.32 Å². The molecule has 0 unspecified atom stereocenters. The number of hydrogen-bond acceptors (Lipinski definition) is 5. The number of ether oxygens (including phenoxy) is 1. The average Bonchev–Trinajstić information content (AvgIpc) is 2.75. The van der Waals surface area contributed by atoms with E-state index in [2.05, 4.69) is 9.69 Å². The van der Waals surface area contributed by atoms with E-state index < -0.39 is 11.5 Å². The maximum Gasteiger partial charge on any atom is 0.305 e. The Morgan fingerprint density at radius 3 is 2.74 bits per heavy atom. The number of nitrogens with one attached hydrogen (secondary N) is 1. The van der Waals surface area contributed by atoms with Crippen LogP contribution in [0.15, 0.2) is 5.38 Å². The van der Waals surface area contributed by atoms with Crippen molar-refractivity contribution in [3.63, 3.8) is 0 Å². The monoisotopic (exact) mass is 284 g/mol. The van der Waals surface area contributed by atoms with Crippen molar-refractivity contribution >= 4 is 23.4 Å². The summed E-state index contributed by atoms with van der Waals surface area (Å²) in [6.45, 7) is 2.70. The Labute approximate surface area is 114 Å². The molecule has 0 atom stereocenters. The molecule has 0 radical (unpaired) electrons. The molecule has 7 heteroatoms. The molecule has 0 aromatic carbocycles. The van der Waals surface area contributed by atoms with Gasteiger partial charge in [-0.25, -0.2) is 0 Å². The van der Waals surface area contributed by atoms with Crippen molar-refractivity contribution in [3.05, 3.63) is 16.6 Å². The standard InChI is InChI=1S/C12H16N2O4S/c1-8-9(7-19-14-8)11(17)13-12(6-10(15)16)2-4-18-5-3-12/h7H,2-6H2,1H3,(H,13,17)(H,15,16). The second-order valence-corrected chi connectivity index (χ2v) is 5.36. The minimum Gasteiger partial charge on any atom is -0.481 e. The first kappa shape index (κ1) is 14.0. The van der Waals surface area contributed by atoms with Crippen molar-refractivity contribution in [1.29, 1.82) is 0 Å². The highest BCUT2D eigenvalue weighted by atomic mass is 32.1. The highest BCUT2D eigenvalue weighted by Gasteiger charge is 2.37. The van der Waals surface area contributed by atoms with Gasteiger partial charge in [-0.05, 0) is 31.3 Å². The number of rotatable bonds is 4. The molecule has 0 saturated carbocycles. The second kappa shape index (κ2) is 5.66. The first-order valence-electron chi connectivity index (χ1n) is 6.05. The smallest absolute Gasteiger partial charge is 0.305 e. The summed E-state index contributed by atoms with van der Waals surface area (Å²) in [5.41, 5.74) is 0.469. The Morgan fingerprint density at radius 2 is 2.21 bits per heavy atom. The van der Waals surface area contributed by atoms with E-state index in [9.17, 15) is 9.59 Å². The number of carbonyl (C=O) groups excluding carboxylic acids is 1. The van der Waals surface area contributed by atoms with E-state index in [0.717, 1.165) is 0 Å². The molecule has 1 aromatic rings. The lowest BCUT2D eigenvalue weighted by molar-refractivity contribution is -0.139. The SMILES string of the molecule is Cc1nscc1C(=O)NC1(CC(=O)O)CCOCC1. The lowest BCUT2D eigenvalue weighted by atomic mass is 9.86. The van der Waals surface area contributed by atoms with Gasteiger partial charge in [-0.1, -0.05) is 0 Å². The summed E-state index contributed by atoms with van der Waals surface area (Å²) in [5.74, 6) is -1.17. The van der Waals surface area contributed by atoms with Gasteiger partial charge in [-0.3, -0.25) is 9.59 Å². The number of carbonyl (C=O) groups is 2. The van der Waals surface area contributed by atoms with Gasteiger partial charge in [0.2, 0.25) is 0 Å². The molecular weight excluding hydrogens is 268 g/mol. The Morgan fingerprint density at radius 1 is 1.53 bits per heavy atom. The minimum absolute atomic E-state index is 0.0846. The fourth-order valence-corrected chi connectivity index (χ4v) is 2.91. The lowest BCUT2D eigenvalue weighted by Crippen LogP contribution is -2.53. The third-order valence-corrected chi connectivity index (χ3v) is 4.03. The Bertz CT molecular complexity index is 480. The predicted molar refractivity (Wildman–Crippen MR) is 69.4 cm³/mol. The zero-order valence-corrected chi connectivity index (χ0v) is 11.5. The zero-order chi connectivity index (χ0) is 13.9. The van der Waals surface area contributed by atoms with Crippen LogP contribution in [-0.4, -0.2) is 40.1 Å². The number of nitrogens with zero attached hydrogens (tertiary/aromatic N) is 1. The molecule has 0 aliphatic carbocycles. The summed E-state index contributed by atoms with van der Waals surface area (Å²) in [5, 5.41) is 13.6. The van der Waals surface area contributed by atoms with E-state index in [1.165, 1.54) is 11.5 Å². The predicted octanol–water partition coefficient (Wildman–Crippen LogP) is 1.21. The molecule has 6 nitrogen and oxygen atoms in total. The van der Waals surface area contributed by atoms with Gasteiger partial charge in [0.15, 0.2) is 0 Å². The second-order valence-electron chi connectivity index (χ2n) is 4.73. The van der Waals surface area contributed by atoms with Gasteiger partial charge in [-0.2, -0.15) is 4.37 Å². The number of aliphatic carboxylic acids is 1. The molecule has 1 amide bonds. The van der Waals surface area contributed by atoms with E-state index in [-0.39, 0.29) is 12.3 Å². The van der Waals surface area contributed by atoms with Gasteiger partial charge >= 0.3 is 5.97 Å². The van der Waals surface area contributed by atoms with Crippen molar-refractivity contribution in [2.45, 2.75) is 31.7 Å². The maximum atomic E-state index is 12.2. The van der Waals surface area contributed by atoms with E-state index >= 15 is 0 Å². The number of amides is 1. The van der Waals surface area contributed by atoms with E-state index in [1.54, 1.807) is 12.3 Å². The quantitative estimate of drug-likeness (QED) is 0.867. The van der Waals surface area contributed by atoms with Crippen LogP contribution in [0.25, 0.3) is 0 Å². The van der Waals surface area contributed by atoms with Gasteiger partial charge in [0.05, 0.1) is 23.2 Å². The van der Waals surface area contributed by atoms with Gasteiger partial charge in [0.1, 0.15) is 0 Å². The molecule has 1 aromatic heterocycles. The molecular formula is C12H16N2O4S. The summed E-state index contributed by atoms with van der Waals surface area (Å²) in [4.78, 5) is 23.2. The van der Waals surface area contributed by atoms with Crippen LogP contribution in [0.1, 0.15) is 35.3 Å². The fraction of sp³-hybridized carbons (Fsp3) is 0.583. The number of carboxylic acid groups (broad SMARTS) is 1. The summed E-state index contributed by atoms with van der Waals surface area (Å²) in [6.07, 6.45) is 0.946. The van der Waals surface area contributed by atoms with Crippen LogP contribution >= 0.6 is 11.5 Å². The van der Waals surface area contributed by atoms with Crippen molar-refractivity contribution in [2.24, 2.45) is 0 Å². The molecule has 0 spiro atoms. The van der Waals surface area contributed by atoms with Crippen molar-refractivity contribution in [1.82, 2.24) is 9.69 Å². The summed E-state index contributed by atoms with van der Waals surface area (Å²) in [7, 11) is 0. The third-order valence-electron chi connectivity index (χ3n) is 3.31.